The second-order valence-electron chi connectivity index (χ2n) is 18.2. The van der Waals surface area contributed by atoms with Gasteiger partial charge in [-0.15, -0.1) is 5.10 Å². The molecule has 9 atom stereocenters. The average molecular weight is 1110 g/mol. The Morgan fingerprint density at radius 1 is 0.803 bits per heavy atom. The molecular formula is C44H69N15O15S2. The number of hydrogen-bond donors (Lipinski definition) is 14. The zero-order valence-electron chi connectivity index (χ0n) is 42.3. The first-order valence-electron chi connectivity index (χ1n) is 24.4. The number of amides is 8. The highest BCUT2D eigenvalue weighted by Gasteiger charge is 2.40. The van der Waals surface area contributed by atoms with E-state index >= 15 is 0 Å². The van der Waals surface area contributed by atoms with Crippen molar-refractivity contribution >= 4 is 98.5 Å². The van der Waals surface area contributed by atoms with E-state index in [0.29, 0.717) is 23.6 Å². The fourth-order valence-corrected chi connectivity index (χ4v) is 10.7. The van der Waals surface area contributed by atoms with Gasteiger partial charge in [0, 0.05) is 44.1 Å². The maximum Gasteiger partial charge on any atom is 0.319 e. The number of nitrogens with one attached hydrogen (secondary N) is 9. The smallest absolute Gasteiger partial charge is 0.319 e. The molecule has 1 aliphatic carbocycles. The number of aromatic nitrogens is 3. The zero-order chi connectivity index (χ0) is 56.6. The van der Waals surface area contributed by atoms with Crippen LogP contribution >= 0.6 is 21.6 Å². The van der Waals surface area contributed by atoms with Gasteiger partial charge in [0.15, 0.2) is 11.7 Å². The van der Waals surface area contributed by atoms with Crippen LogP contribution < -0.4 is 54.0 Å². The van der Waals surface area contributed by atoms with Crippen molar-refractivity contribution in [3.8, 4) is 0 Å². The molecule has 1 saturated heterocycles. The number of carboxylic acids is 3. The van der Waals surface area contributed by atoms with E-state index in [1.54, 1.807) is 17.8 Å². The number of aliphatic carboxylic acids is 3. The van der Waals surface area contributed by atoms with Crippen LogP contribution in [0.25, 0.3) is 0 Å². The molecule has 0 radical (unpaired) electrons. The van der Waals surface area contributed by atoms with Gasteiger partial charge in [0.2, 0.25) is 47.3 Å². The molecule has 16 N–H and O–H groups in total. The number of fused-ring (bicyclic) bond motifs is 1. The number of aryl methyl sites for hydroxylation is 1. The first-order chi connectivity index (χ1) is 35.9. The summed E-state index contributed by atoms with van der Waals surface area (Å²) in [5, 5.41) is 63.1. The average Bonchev–Trinajstić information content (AvgIpc) is 4.03. The molecule has 1 aromatic heterocycles. The standard InChI is InChI=1S/C44H69N15O15S2/c1-22-16-51-57-59(22)23(2)20-58(44(46)47)13-7-11-28-39(69)50-19-34(62)53-30(15-36(65)66)41(71)54-27(10-4-5-12-45)38(68)48-17-32(61)25-8-6-9-26(25)37(67)56-29(14-35(63)64)40(70)49-18-33(43(73)74)76-75-21-31(42(72)55-28)52-24(3)60/h16,23,25-31,33H,4-15,17-21,45H2,1-3H3,(H3,46,47)(H,48,68)(H,49,70)(H,50,69)(H,52,60)(H,53,62)(H,54,71)(H,55,72)(H,56,67)(H,63,64)(H,65,66)(H,73,74)/t23?,25?,26-,27+,28+,29+,30+,31+,33-/m1/s1. The van der Waals surface area contributed by atoms with Crippen molar-refractivity contribution in [2.75, 3.05) is 45.0 Å². The number of carbonyl (C=O) groups is 12. The molecule has 1 aliphatic heterocycles. The fraction of sp³-hybridized carbons (Fsp3) is 0.659. The predicted octanol–water partition coefficient (Wildman–Crippen LogP) is -4.17. The molecule has 32 heteroatoms. The molecule has 0 aromatic carbocycles. The van der Waals surface area contributed by atoms with Gasteiger partial charge in [-0.3, -0.25) is 62.9 Å². The summed E-state index contributed by atoms with van der Waals surface area (Å²) < 4.78 is 1.61. The molecule has 1 aromatic rings. The van der Waals surface area contributed by atoms with Crippen molar-refractivity contribution in [3.05, 3.63) is 11.9 Å². The number of rotatable bonds is 17. The van der Waals surface area contributed by atoms with Crippen molar-refractivity contribution in [2.24, 2.45) is 23.3 Å². The van der Waals surface area contributed by atoms with E-state index in [9.17, 15) is 72.9 Å². The van der Waals surface area contributed by atoms with E-state index in [0.717, 1.165) is 23.4 Å². The molecule has 3 rings (SSSR count). The summed E-state index contributed by atoms with van der Waals surface area (Å²) in [7, 11) is 1.43. The highest BCUT2D eigenvalue weighted by molar-refractivity contribution is 8.77. The second-order valence-corrected chi connectivity index (χ2v) is 20.8. The predicted molar refractivity (Wildman–Crippen MR) is 271 cm³/mol. The van der Waals surface area contributed by atoms with Crippen LogP contribution in [0, 0.1) is 24.2 Å². The second kappa shape index (κ2) is 31.7. The van der Waals surface area contributed by atoms with Crippen molar-refractivity contribution in [2.45, 2.75) is 126 Å². The first-order valence-corrected chi connectivity index (χ1v) is 26.7. The Bertz CT molecular complexity index is 2290. The van der Waals surface area contributed by atoms with E-state index in [2.05, 4.69) is 52.8 Å². The Kier molecular flexibility index (Phi) is 26.4. The van der Waals surface area contributed by atoms with Gasteiger partial charge in [0.05, 0.1) is 43.9 Å². The SMILES string of the molecule is CC(=O)N[C@H]1CSS[C@@H](C(=O)O)CNC(=O)[C@H](CC(=O)O)NC(=O)[C@@H]2CCCC2C(=O)CNC(=O)[C@H](CCCCN)NC(=O)[C@H](CC(=O)O)NC(=O)CNC(=O)[C@H](CCCN(CC(C)n2nncc2C)C(=N)N)NC1=O. The van der Waals surface area contributed by atoms with Gasteiger partial charge in [-0.05, 0) is 65.3 Å². The number of Topliss-reactive ketones (excluding diaryl/α,β-unsaturated/α-hetero) is 1. The number of hydrogen-bond acceptors (Lipinski definition) is 18. The first kappa shape index (κ1) is 63.2. The number of unbranched alkanes of at least 4 members (excludes halogenated alkanes) is 1. The lowest BCUT2D eigenvalue weighted by Gasteiger charge is -2.28. The molecule has 2 fully saturated rings. The fourth-order valence-electron chi connectivity index (χ4n) is 8.27. The van der Waals surface area contributed by atoms with Crippen LogP contribution in [0.2, 0.25) is 0 Å². The molecule has 2 unspecified atom stereocenters. The monoisotopic (exact) mass is 1110 g/mol. The largest absolute Gasteiger partial charge is 0.481 e. The molecule has 422 valence electrons. The van der Waals surface area contributed by atoms with E-state index in [-0.39, 0.29) is 75.9 Å². The third-order valence-corrected chi connectivity index (χ3v) is 14.9. The lowest BCUT2D eigenvalue weighted by atomic mass is 9.90. The molecule has 0 bridgehead atoms. The lowest BCUT2D eigenvalue weighted by Crippen LogP contribution is -2.57. The summed E-state index contributed by atoms with van der Waals surface area (Å²) in [6.07, 6.45) is 0.811. The van der Waals surface area contributed by atoms with Crippen molar-refractivity contribution in [3.63, 3.8) is 0 Å². The van der Waals surface area contributed by atoms with E-state index in [4.69, 9.17) is 16.9 Å². The number of carboxylic acid groups (broad SMARTS) is 3. The third-order valence-electron chi connectivity index (χ3n) is 12.1. The minimum atomic E-state index is -1.82. The third kappa shape index (κ3) is 21.3. The molecule has 0 spiro atoms. The summed E-state index contributed by atoms with van der Waals surface area (Å²) in [6.45, 7) is 2.98. The van der Waals surface area contributed by atoms with Crippen molar-refractivity contribution < 1.29 is 72.9 Å². The van der Waals surface area contributed by atoms with E-state index in [1.807, 2.05) is 6.92 Å². The van der Waals surface area contributed by atoms with Crippen LogP contribution in [-0.2, 0) is 57.5 Å². The molecule has 8 amide bonds. The molecule has 30 nitrogen and oxygen atoms in total. The topological polar surface area (TPSA) is 472 Å². The maximum atomic E-state index is 13.9. The minimum absolute atomic E-state index is 0.0558. The van der Waals surface area contributed by atoms with Crippen LogP contribution in [0.4, 0.5) is 0 Å². The Labute approximate surface area is 444 Å². The van der Waals surface area contributed by atoms with Crippen LogP contribution in [-0.4, -0.2) is 193 Å². The molecule has 1 saturated carbocycles. The Hall–Kier alpha value is -7.09. The number of nitrogens with two attached hydrogens (primary N) is 2. The minimum Gasteiger partial charge on any atom is -0.481 e. The van der Waals surface area contributed by atoms with Crippen molar-refractivity contribution in [1.82, 2.24) is 62.4 Å². The Morgan fingerprint density at radius 3 is 1.96 bits per heavy atom. The number of carbonyl (C=O) groups excluding carboxylic acids is 9. The molecule has 2 heterocycles. The van der Waals surface area contributed by atoms with Gasteiger partial charge in [0.1, 0.15) is 35.5 Å². The summed E-state index contributed by atoms with van der Waals surface area (Å²) in [6, 6.07) is -8.19. The summed E-state index contributed by atoms with van der Waals surface area (Å²) >= 11 is 0. The number of ketones is 1. The maximum absolute atomic E-state index is 13.9. The number of nitrogens with zero attached hydrogens (tertiary/aromatic N) is 4. The van der Waals surface area contributed by atoms with Gasteiger partial charge >= 0.3 is 17.9 Å². The van der Waals surface area contributed by atoms with Gasteiger partial charge in [0.25, 0.3) is 0 Å². The Balaban J connectivity index is 2.00. The lowest BCUT2D eigenvalue weighted by molar-refractivity contribution is -0.142. The number of guanidine groups is 1. The molecule has 2 aliphatic rings. The van der Waals surface area contributed by atoms with Gasteiger partial charge < -0.3 is 74.2 Å². The van der Waals surface area contributed by atoms with Crippen molar-refractivity contribution in [1.29, 1.82) is 5.41 Å². The molecular weight excluding hydrogens is 1040 g/mol. The highest BCUT2D eigenvalue weighted by Crippen LogP contribution is 2.33. The van der Waals surface area contributed by atoms with E-state index in [1.165, 1.54) is 4.90 Å². The normalized spacial score (nSPS) is 24.7. The summed E-state index contributed by atoms with van der Waals surface area (Å²) in [4.78, 5) is 159. The van der Waals surface area contributed by atoms with Gasteiger partial charge in [-0.2, -0.15) is 0 Å². The highest BCUT2D eigenvalue weighted by atomic mass is 33.1. The van der Waals surface area contributed by atoms with Crippen LogP contribution in [0.3, 0.4) is 0 Å². The summed E-state index contributed by atoms with van der Waals surface area (Å²) in [5.74, 6) is -15.4. The van der Waals surface area contributed by atoms with Gasteiger partial charge in [-0.25, -0.2) is 4.68 Å². The quantitative estimate of drug-likeness (QED) is 0.0305. The Morgan fingerprint density at radius 2 is 1.38 bits per heavy atom. The van der Waals surface area contributed by atoms with E-state index < -0.39 is 151 Å². The molecule has 76 heavy (non-hydrogen) atoms. The zero-order valence-corrected chi connectivity index (χ0v) is 43.9. The summed E-state index contributed by atoms with van der Waals surface area (Å²) in [5.41, 5.74) is 12.3. The van der Waals surface area contributed by atoms with Crippen LogP contribution in [0.5, 0.6) is 0 Å². The van der Waals surface area contributed by atoms with Crippen LogP contribution in [0.15, 0.2) is 6.20 Å². The van der Waals surface area contributed by atoms with Crippen LogP contribution in [0.1, 0.15) is 89.8 Å². The van der Waals surface area contributed by atoms with Gasteiger partial charge in [-0.1, -0.05) is 33.2 Å².